The normalized spacial score (nSPS) is 17.4. The number of nitrogens with zero attached hydrogens (tertiary/aromatic N) is 2. The lowest BCUT2D eigenvalue weighted by atomic mass is 10.3. The average molecular weight is 202 g/mol. The molecule has 1 aliphatic rings. The molecule has 0 radical (unpaired) electrons. The van der Waals surface area contributed by atoms with Crippen molar-refractivity contribution in [2.45, 2.75) is 6.92 Å². The first-order valence-electron chi connectivity index (χ1n) is 4.23. The van der Waals surface area contributed by atoms with E-state index in [9.17, 15) is 9.59 Å². The third-order valence-electron chi connectivity index (χ3n) is 2.16. The van der Waals surface area contributed by atoms with Gasteiger partial charge in [0.1, 0.15) is 0 Å². The summed E-state index contributed by atoms with van der Waals surface area (Å²) in [6.45, 7) is 4.23. The van der Waals surface area contributed by atoms with E-state index in [1.54, 1.807) is 23.0 Å². The Kier molecular flexibility index (Phi) is 3.59. The number of amides is 2. The molecular formula is C8H14N2O2S. The second kappa shape index (κ2) is 4.50. The van der Waals surface area contributed by atoms with Crippen molar-refractivity contribution in [1.82, 2.24) is 9.80 Å². The predicted molar refractivity (Wildman–Crippen MR) is 52.7 cm³/mol. The van der Waals surface area contributed by atoms with Gasteiger partial charge in [0, 0.05) is 33.1 Å². The van der Waals surface area contributed by atoms with Gasteiger partial charge in [-0.3, -0.25) is 9.59 Å². The Morgan fingerprint density at radius 2 is 1.54 bits per heavy atom. The van der Waals surface area contributed by atoms with Crippen LogP contribution in [0.25, 0.3) is 0 Å². The highest BCUT2D eigenvalue weighted by Gasteiger charge is 2.21. The second-order valence-corrected chi connectivity index (χ2v) is 3.72. The van der Waals surface area contributed by atoms with Gasteiger partial charge >= 0.3 is 0 Å². The van der Waals surface area contributed by atoms with Crippen molar-refractivity contribution in [3.63, 3.8) is 0 Å². The van der Waals surface area contributed by atoms with Crippen LogP contribution in [0.15, 0.2) is 0 Å². The fourth-order valence-corrected chi connectivity index (χ4v) is 1.77. The van der Waals surface area contributed by atoms with Crippen molar-refractivity contribution in [3.05, 3.63) is 0 Å². The van der Waals surface area contributed by atoms with Gasteiger partial charge in [0.05, 0.1) is 0 Å². The van der Waals surface area contributed by atoms with Gasteiger partial charge in [0.2, 0.25) is 5.91 Å². The zero-order valence-corrected chi connectivity index (χ0v) is 8.76. The lowest BCUT2D eigenvalue weighted by molar-refractivity contribution is -0.130. The molecule has 2 amide bonds. The van der Waals surface area contributed by atoms with Crippen molar-refractivity contribution in [2.75, 3.05) is 32.4 Å². The molecule has 0 aromatic rings. The molecular weight excluding hydrogens is 188 g/mol. The number of carbonyl (C=O) groups excluding carboxylic acids is 2. The van der Waals surface area contributed by atoms with Crippen LogP contribution in [-0.2, 0) is 4.79 Å². The van der Waals surface area contributed by atoms with Gasteiger partial charge in [0.25, 0.3) is 5.24 Å². The summed E-state index contributed by atoms with van der Waals surface area (Å²) >= 11 is 1.22. The first-order valence-corrected chi connectivity index (χ1v) is 5.46. The molecule has 1 aliphatic heterocycles. The summed E-state index contributed by atoms with van der Waals surface area (Å²) in [5.41, 5.74) is 0. The van der Waals surface area contributed by atoms with E-state index < -0.39 is 0 Å². The Labute approximate surface area is 82.3 Å². The third kappa shape index (κ3) is 2.62. The molecule has 74 valence electrons. The molecule has 5 heteroatoms. The molecule has 0 saturated carbocycles. The van der Waals surface area contributed by atoms with E-state index in [0.717, 1.165) is 0 Å². The number of piperazine rings is 1. The number of thioether (sulfide) groups is 1. The summed E-state index contributed by atoms with van der Waals surface area (Å²) in [6, 6.07) is 0. The van der Waals surface area contributed by atoms with E-state index in [1.165, 1.54) is 11.8 Å². The molecule has 1 heterocycles. The first kappa shape index (κ1) is 10.4. The number of carbonyl (C=O) groups is 2. The summed E-state index contributed by atoms with van der Waals surface area (Å²) in [7, 11) is 0. The van der Waals surface area contributed by atoms with E-state index >= 15 is 0 Å². The zero-order chi connectivity index (χ0) is 9.84. The minimum Gasteiger partial charge on any atom is -0.339 e. The van der Waals surface area contributed by atoms with E-state index in [0.29, 0.717) is 26.2 Å². The van der Waals surface area contributed by atoms with Crippen LogP contribution in [0.2, 0.25) is 0 Å². The quantitative estimate of drug-likeness (QED) is 0.578. The van der Waals surface area contributed by atoms with Gasteiger partial charge in [-0.1, -0.05) is 11.8 Å². The van der Waals surface area contributed by atoms with Crippen LogP contribution >= 0.6 is 11.8 Å². The Hall–Kier alpha value is -0.710. The van der Waals surface area contributed by atoms with Crippen molar-refractivity contribution in [2.24, 2.45) is 0 Å². The number of rotatable bonds is 0. The first-order chi connectivity index (χ1) is 6.15. The molecule has 4 nitrogen and oxygen atoms in total. The molecule has 0 atom stereocenters. The molecule has 13 heavy (non-hydrogen) atoms. The monoisotopic (exact) mass is 202 g/mol. The molecule has 0 unspecified atom stereocenters. The third-order valence-corrected chi connectivity index (χ3v) is 2.77. The van der Waals surface area contributed by atoms with Crippen LogP contribution in [0.3, 0.4) is 0 Å². The van der Waals surface area contributed by atoms with Crippen LogP contribution in [0, 0.1) is 0 Å². The molecule has 0 N–H and O–H groups in total. The van der Waals surface area contributed by atoms with Crippen molar-refractivity contribution >= 4 is 22.9 Å². The fourth-order valence-electron chi connectivity index (χ4n) is 1.33. The maximum Gasteiger partial charge on any atom is 0.281 e. The van der Waals surface area contributed by atoms with Crippen LogP contribution in [0.1, 0.15) is 6.92 Å². The van der Waals surface area contributed by atoms with Crippen LogP contribution < -0.4 is 0 Å². The van der Waals surface area contributed by atoms with Crippen molar-refractivity contribution in [1.29, 1.82) is 0 Å². The van der Waals surface area contributed by atoms with E-state index in [1.807, 2.05) is 0 Å². The van der Waals surface area contributed by atoms with Gasteiger partial charge in [-0.25, -0.2) is 0 Å². The smallest absolute Gasteiger partial charge is 0.281 e. The van der Waals surface area contributed by atoms with Gasteiger partial charge in [-0.15, -0.1) is 0 Å². The molecule has 0 aliphatic carbocycles. The predicted octanol–water partition coefficient (Wildman–Crippen LogP) is 0.633. The second-order valence-electron chi connectivity index (χ2n) is 2.96. The summed E-state index contributed by atoms with van der Waals surface area (Å²) in [6.07, 6.45) is 1.78. The lowest BCUT2D eigenvalue weighted by Gasteiger charge is -2.33. The molecule has 1 rings (SSSR count). The van der Waals surface area contributed by atoms with E-state index in [2.05, 4.69) is 0 Å². The highest BCUT2D eigenvalue weighted by molar-refractivity contribution is 8.12. The van der Waals surface area contributed by atoms with Gasteiger partial charge in [-0.05, 0) is 6.26 Å². The minimum absolute atomic E-state index is 0.0938. The van der Waals surface area contributed by atoms with E-state index in [4.69, 9.17) is 0 Å². The summed E-state index contributed by atoms with van der Waals surface area (Å²) in [4.78, 5) is 25.7. The fraction of sp³-hybridized carbons (Fsp3) is 0.750. The highest BCUT2D eigenvalue weighted by Crippen LogP contribution is 2.08. The van der Waals surface area contributed by atoms with Gasteiger partial charge in [-0.2, -0.15) is 0 Å². The van der Waals surface area contributed by atoms with Crippen molar-refractivity contribution in [3.8, 4) is 0 Å². The van der Waals surface area contributed by atoms with Crippen molar-refractivity contribution < 1.29 is 9.59 Å². The molecule has 1 fully saturated rings. The average Bonchev–Trinajstić information content (AvgIpc) is 2.17. The Morgan fingerprint density at radius 1 is 1.08 bits per heavy atom. The zero-order valence-electron chi connectivity index (χ0n) is 7.95. The lowest BCUT2D eigenvalue weighted by Crippen LogP contribution is -2.49. The van der Waals surface area contributed by atoms with Crippen LogP contribution in [-0.4, -0.2) is 53.4 Å². The Bertz CT molecular complexity index is 212. The molecule has 0 bridgehead atoms. The van der Waals surface area contributed by atoms with Crippen LogP contribution in [0.5, 0.6) is 0 Å². The minimum atomic E-state index is 0.0938. The summed E-state index contributed by atoms with van der Waals surface area (Å²) in [5.74, 6) is 0.0938. The Morgan fingerprint density at radius 3 is 1.92 bits per heavy atom. The van der Waals surface area contributed by atoms with E-state index in [-0.39, 0.29) is 11.1 Å². The largest absolute Gasteiger partial charge is 0.339 e. The summed E-state index contributed by atoms with van der Waals surface area (Å²) in [5, 5.41) is 0.100. The molecule has 1 saturated heterocycles. The SMILES string of the molecule is CSC(=O)N1CCN(C(C)=O)CC1. The highest BCUT2D eigenvalue weighted by atomic mass is 32.2. The maximum atomic E-state index is 11.2. The topological polar surface area (TPSA) is 40.6 Å². The standard InChI is InChI=1S/C8H14N2O2S/c1-7(11)9-3-5-10(6-4-9)8(12)13-2/h3-6H2,1-2H3. The van der Waals surface area contributed by atoms with Gasteiger partial charge < -0.3 is 9.80 Å². The molecule has 0 aromatic heterocycles. The molecule has 0 spiro atoms. The van der Waals surface area contributed by atoms with Crippen LogP contribution in [0.4, 0.5) is 4.79 Å². The number of hydrogen-bond acceptors (Lipinski definition) is 3. The summed E-state index contributed by atoms with van der Waals surface area (Å²) < 4.78 is 0. The molecule has 0 aromatic carbocycles. The Balaban J connectivity index is 2.39. The maximum absolute atomic E-state index is 11.2. The van der Waals surface area contributed by atoms with Gasteiger partial charge in [0.15, 0.2) is 0 Å². The number of hydrogen-bond donors (Lipinski definition) is 0.